The summed E-state index contributed by atoms with van der Waals surface area (Å²) in [5, 5.41) is 3.86. The Morgan fingerprint density at radius 3 is 2.41 bits per heavy atom. The summed E-state index contributed by atoms with van der Waals surface area (Å²) >= 11 is 0. The molecule has 2 nitrogen and oxygen atoms in total. The molecule has 120 valence electrons. The molecule has 0 saturated heterocycles. The molecule has 0 spiro atoms. The van der Waals surface area contributed by atoms with Crippen LogP contribution in [0.2, 0.25) is 0 Å². The largest absolute Gasteiger partial charge is 0.367 e. The lowest BCUT2D eigenvalue weighted by Gasteiger charge is -2.27. The smallest absolute Gasteiger partial charge is 0.0967 e. The third-order valence-electron chi connectivity index (χ3n) is 5.23. The van der Waals surface area contributed by atoms with Gasteiger partial charge in [-0.2, -0.15) is 0 Å². The zero-order chi connectivity index (χ0) is 15.0. The number of hydrogen-bond donors (Lipinski definition) is 1. The number of nitrogens with zero attached hydrogens (tertiary/aromatic N) is 1. The number of nitrogens with one attached hydrogen (secondary N) is 1. The van der Waals surface area contributed by atoms with Crippen molar-refractivity contribution in [2.45, 2.75) is 70.3 Å². The average molecular weight is 298 g/mol. The van der Waals surface area contributed by atoms with E-state index in [-0.39, 0.29) is 0 Å². The second-order valence-corrected chi connectivity index (χ2v) is 6.92. The van der Waals surface area contributed by atoms with Gasteiger partial charge in [-0.1, -0.05) is 62.4 Å². The van der Waals surface area contributed by atoms with Crippen molar-refractivity contribution in [1.82, 2.24) is 5.32 Å². The fourth-order valence-corrected chi connectivity index (χ4v) is 3.95. The number of rotatable bonds is 3. The van der Waals surface area contributed by atoms with Gasteiger partial charge in [0.1, 0.15) is 0 Å². The molecule has 1 aliphatic heterocycles. The van der Waals surface area contributed by atoms with Crippen LogP contribution in [0.4, 0.5) is 0 Å². The number of aliphatic imine (C=N–C) groups is 1. The van der Waals surface area contributed by atoms with Crippen LogP contribution in [-0.2, 0) is 0 Å². The first-order valence-corrected chi connectivity index (χ1v) is 9.28. The Balaban J connectivity index is 1.73. The molecule has 0 bridgehead atoms. The van der Waals surface area contributed by atoms with Gasteiger partial charge in [0, 0.05) is 13.0 Å². The van der Waals surface area contributed by atoms with Gasteiger partial charge in [0.15, 0.2) is 0 Å². The summed E-state index contributed by atoms with van der Waals surface area (Å²) in [6.45, 7) is 1.01. The molecule has 1 N–H and O–H groups in total. The van der Waals surface area contributed by atoms with Crippen LogP contribution in [0.3, 0.4) is 0 Å². The fourth-order valence-electron chi connectivity index (χ4n) is 3.95. The quantitative estimate of drug-likeness (QED) is 0.808. The summed E-state index contributed by atoms with van der Waals surface area (Å²) in [5.41, 5.74) is 1.44. The minimum atomic E-state index is 0.461. The van der Waals surface area contributed by atoms with Crippen LogP contribution in [0, 0.1) is 5.92 Å². The van der Waals surface area contributed by atoms with Crippen molar-refractivity contribution in [3.05, 3.63) is 35.9 Å². The average Bonchev–Trinajstić information content (AvgIpc) is 3.11. The van der Waals surface area contributed by atoms with Crippen LogP contribution in [0.25, 0.3) is 0 Å². The molecular formula is C20H30N2. The monoisotopic (exact) mass is 298 g/mol. The summed E-state index contributed by atoms with van der Waals surface area (Å²) < 4.78 is 0. The highest BCUT2D eigenvalue weighted by Crippen LogP contribution is 2.35. The maximum atomic E-state index is 4.89. The topological polar surface area (TPSA) is 24.4 Å². The first kappa shape index (κ1) is 15.6. The molecule has 2 heteroatoms. The minimum absolute atomic E-state index is 0.461. The second-order valence-electron chi connectivity index (χ2n) is 6.92. The van der Waals surface area contributed by atoms with Crippen molar-refractivity contribution >= 4 is 5.84 Å². The van der Waals surface area contributed by atoms with E-state index < -0.39 is 0 Å². The molecule has 1 unspecified atom stereocenters. The zero-order valence-corrected chi connectivity index (χ0v) is 13.8. The lowest BCUT2D eigenvalue weighted by molar-refractivity contribution is 0.409. The van der Waals surface area contributed by atoms with Gasteiger partial charge in [0.25, 0.3) is 0 Å². The first-order valence-electron chi connectivity index (χ1n) is 9.28. The lowest BCUT2D eigenvalue weighted by Crippen LogP contribution is -2.33. The summed E-state index contributed by atoms with van der Waals surface area (Å²) in [5.74, 6) is 2.04. The van der Waals surface area contributed by atoms with E-state index in [4.69, 9.17) is 4.99 Å². The highest BCUT2D eigenvalue weighted by Gasteiger charge is 2.27. The van der Waals surface area contributed by atoms with E-state index in [1.807, 2.05) is 0 Å². The molecule has 0 amide bonds. The molecule has 1 heterocycles. The van der Waals surface area contributed by atoms with Gasteiger partial charge >= 0.3 is 0 Å². The standard InChI is InChI=1S/C20H30N2/c1-2-7-15-19(21-16-10-3-1)22-20(18-13-8-9-14-18)17-11-5-4-6-12-17/h4-6,11-12,18,20H,1-3,7-10,13-16H2,(H,21,22). The Hall–Kier alpha value is -1.31. The Bertz CT molecular complexity index is 460. The summed E-state index contributed by atoms with van der Waals surface area (Å²) in [7, 11) is 0. The number of hydrogen-bond acceptors (Lipinski definition) is 2. The molecule has 1 aliphatic carbocycles. The van der Waals surface area contributed by atoms with E-state index in [0.717, 1.165) is 18.9 Å². The van der Waals surface area contributed by atoms with E-state index >= 15 is 0 Å². The molecule has 1 atom stereocenters. The molecule has 1 aromatic rings. The summed E-state index contributed by atoms with van der Waals surface area (Å²) in [6, 6.07) is 11.5. The van der Waals surface area contributed by atoms with Crippen molar-refractivity contribution < 1.29 is 0 Å². The summed E-state index contributed by atoms with van der Waals surface area (Å²) in [6.07, 6.45) is 13.3. The van der Waals surface area contributed by atoms with Crippen LogP contribution in [0.15, 0.2) is 35.3 Å². The van der Waals surface area contributed by atoms with Crippen LogP contribution in [-0.4, -0.2) is 12.4 Å². The van der Waals surface area contributed by atoms with Crippen molar-refractivity contribution in [2.24, 2.45) is 10.9 Å². The molecule has 0 radical (unpaired) electrons. The maximum absolute atomic E-state index is 4.89. The van der Waals surface area contributed by atoms with Gasteiger partial charge in [0.05, 0.1) is 11.9 Å². The number of amidine groups is 1. The third-order valence-corrected chi connectivity index (χ3v) is 5.23. The van der Waals surface area contributed by atoms with Gasteiger partial charge < -0.3 is 5.32 Å². The Morgan fingerprint density at radius 2 is 1.59 bits per heavy atom. The fraction of sp³-hybridized carbons (Fsp3) is 0.650. The normalized spacial score (nSPS) is 22.3. The Kier molecular flexibility index (Phi) is 5.92. The van der Waals surface area contributed by atoms with Gasteiger partial charge in [-0.15, -0.1) is 0 Å². The molecule has 0 aromatic heterocycles. The molecule has 2 aliphatic rings. The molecular weight excluding hydrogens is 268 g/mol. The van der Waals surface area contributed by atoms with Crippen molar-refractivity contribution in [1.29, 1.82) is 0 Å². The van der Waals surface area contributed by atoms with E-state index in [1.165, 1.54) is 69.2 Å². The van der Waals surface area contributed by atoms with Gasteiger partial charge in [-0.05, 0) is 37.2 Å². The third kappa shape index (κ3) is 4.34. The van der Waals surface area contributed by atoms with Crippen LogP contribution in [0.5, 0.6) is 0 Å². The molecule has 1 fully saturated rings. The van der Waals surface area contributed by atoms with Crippen LogP contribution in [0.1, 0.15) is 75.8 Å². The van der Waals surface area contributed by atoms with Crippen LogP contribution < -0.4 is 5.32 Å². The van der Waals surface area contributed by atoms with E-state index in [0.29, 0.717) is 6.04 Å². The zero-order valence-electron chi connectivity index (χ0n) is 13.8. The van der Waals surface area contributed by atoms with Gasteiger partial charge in [0.2, 0.25) is 0 Å². The van der Waals surface area contributed by atoms with E-state index in [1.54, 1.807) is 0 Å². The van der Waals surface area contributed by atoms with Crippen LogP contribution >= 0.6 is 0 Å². The maximum Gasteiger partial charge on any atom is 0.0967 e. The Morgan fingerprint density at radius 1 is 0.864 bits per heavy atom. The van der Waals surface area contributed by atoms with Crippen molar-refractivity contribution in [2.75, 3.05) is 6.54 Å². The molecule has 1 saturated carbocycles. The predicted molar refractivity (Wildman–Crippen MR) is 94.3 cm³/mol. The number of benzene rings is 1. The van der Waals surface area contributed by atoms with E-state index in [9.17, 15) is 0 Å². The minimum Gasteiger partial charge on any atom is -0.367 e. The molecule has 22 heavy (non-hydrogen) atoms. The SMILES string of the molecule is c1ccc(C(NC2=NCCCCCCC2)C2CCCC2)cc1. The highest BCUT2D eigenvalue weighted by atomic mass is 15.0. The lowest BCUT2D eigenvalue weighted by atomic mass is 9.91. The molecule has 3 rings (SSSR count). The highest BCUT2D eigenvalue weighted by molar-refractivity contribution is 5.82. The first-order chi connectivity index (χ1) is 10.9. The van der Waals surface area contributed by atoms with Gasteiger partial charge in [-0.3, -0.25) is 4.99 Å². The second kappa shape index (κ2) is 8.36. The predicted octanol–water partition coefficient (Wildman–Crippen LogP) is 5.26. The Labute approximate surface area is 135 Å². The molecule has 1 aromatic carbocycles. The van der Waals surface area contributed by atoms with Crippen molar-refractivity contribution in [3.8, 4) is 0 Å². The summed E-state index contributed by atoms with van der Waals surface area (Å²) in [4.78, 5) is 4.89. The van der Waals surface area contributed by atoms with Gasteiger partial charge in [-0.25, -0.2) is 0 Å². The van der Waals surface area contributed by atoms with E-state index in [2.05, 4.69) is 35.6 Å². The van der Waals surface area contributed by atoms with Crippen molar-refractivity contribution in [3.63, 3.8) is 0 Å².